The molecule has 4 heterocycles. The number of amides is 1. The largest absolute Gasteiger partial charge is 0.449 e. The second kappa shape index (κ2) is 5.05. The van der Waals surface area contributed by atoms with Gasteiger partial charge in [0.15, 0.2) is 5.76 Å². The number of hydrogen-bond acceptors (Lipinski definition) is 3. The number of fused-ring (bicyclic) bond motifs is 3. The fourth-order valence-corrected chi connectivity index (χ4v) is 3.38. The number of nitrogens with zero attached hydrogens (tertiary/aromatic N) is 1. The van der Waals surface area contributed by atoms with Gasteiger partial charge in [0.25, 0.3) is 5.91 Å². The van der Waals surface area contributed by atoms with Crippen LogP contribution in [0.3, 0.4) is 0 Å². The monoisotopic (exact) mass is 302 g/mol. The van der Waals surface area contributed by atoms with Crippen LogP contribution in [-0.4, -0.2) is 36.0 Å². The highest BCUT2D eigenvalue weighted by molar-refractivity contribution is 5.91. The van der Waals surface area contributed by atoms with Gasteiger partial charge < -0.3 is 9.73 Å². The van der Waals surface area contributed by atoms with E-state index in [2.05, 4.69) is 14.6 Å². The van der Waals surface area contributed by atoms with Crippen LogP contribution in [0.1, 0.15) is 36.1 Å². The van der Waals surface area contributed by atoms with Gasteiger partial charge in [0.05, 0.1) is 0 Å². The minimum absolute atomic E-state index is 0.0283. The molecule has 1 aromatic rings. The molecule has 1 aromatic heterocycles. The first-order valence-electron chi connectivity index (χ1n) is 7.08. The van der Waals surface area contributed by atoms with Crippen LogP contribution >= 0.6 is 0 Å². The Labute approximate surface area is 120 Å². The zero-order valence-electron chi connectivity index (χ0n) is 11.6. The molecule has 0 spiro atoms. The number of furan rings is 1. The lowest BCUT2D eigenvalue weighted by Crippen LogP contribution is -2.62. The SMILES string of the molecule is C[C@H]1[C@H](NC(=O)c2ccc(C(F)(F)F)o2)C2CCN1CC2. The molecule has 0 aliphatic carbocycles. The van der Waals surface area contributed by atoms with Gasteiger partial charge in [0.2, 0.25) is 5.76 Å². The number of alkyl halides is 3. The average Bonchev–Trinajstić information content (AvgIpc) is 2.93. The van der Waals surface area contributed by atoms with E-state index in [-0.39, 0.29) is 17.8 Å². The van der Waals surface area contributed by atoms with E-state index < -0.39 is 17.8 Å². The minimum atomic E-state index is -4.57. The summed E-state index contributed by atoms with van der Waals surface area (Å²) in [5, 5.41) is 2.84. The second-order valence-corrected chi connectivity index (χ2v) is 5.77. The van der Waals surface area contributed by atoms with Crippen LogP contribution in [0.15, 0.2) is 16.5 Å². The lowest BCUT2D eigenvalue weighted by molar-refractivity contribution is -0.153. The summed E-state index contributed by atoms with van der Waals surface area (Å²) < 4.78 is 42.0. The van der Waals surface area contributed by atoms with Crippen LogP contribution < -0.4 is 5.32 Å². The standard InChI is InChI=1S/C14H17F3N2O2/c1-8-12(9-4-6-19(8)7-5-9)18-13(20)10-2-3-11(21-10)14(15,16)17/h2-3,8-9,12H,4-7H2,1H3,(H,18,20)/t8-,12-/m0/s1. The number of carbonyl (C=O) groups excluding carboxylic acids is 1. The highest BCUT2D eigenvalue weighted by Crippen LogP contribution is 2.33. The summed E-state index contributed by atoms with van der Waals surface area (Å²) in [5.74, 6) is -1.61. The van der Waals surface area contributed by atoms with Crippen molar-refractivity contribution in [2.24, 2.45) is 5.92 Å². The van der Waals surface area contributed by atoms with E-state index >= 15 is 0 Å². The second-order valence-electron chi connectivity index (χ2n) is 5.77. The Morgan fingerprint density at radius 1 is 1.33 bits per heavy atom. The number of rotatable bonds is 2. The smallest absolute Gasteiger partial charge is 0.446 e. The highest BCUT2D eigenvalue weighted by atomic mass is 19.4. The molecule has 2 bridgehead atoms. The van der Waals surface area contributed by atoms with Crippen molar-refractivity contribution < 1.29 is 22.4 Å². The van der Waals surface area contributed by atoms with E-state index in [9.17, 15) is 18.0 Å². The average molecular weight is 302 g/mol. The predicted molar refractivity (Wildman–Crippen MR) is 68.7 cm³/mol. The van der Waals surface area contributed by atoms with Crippen LogP contribution in [0.4, 0.5) is 13.2 Å². The van der Waals surface area contributed by atoms with E-state index in [1.165, 1.54) is 0 Å². The molecule has 7 heteroatoms. The van der Waals surface area contributed by atoms with E-state index in [0.717, 1.165) is 38.1 Å². The molecule has 4 rings (SSSR count). The fraction of sp³-hybridized carbons (Fsp3) is 0.643. The summed E-state index contributed by atoms with van der Waals surface area (Å²) in [6.45, 7) is 4.09. The molecule has 1 amide bonds. The number of piperidine rings is 3. The lowest BCUT2D eigenvalue weighted by Gasteiger charge is -2.49. The van der Waals surface area contributed by atoms with Gasteiger partial charge in [-0.1, -0.05) is 0 Å². The number of nitrogens with one attached hydrogen (secondary N) is 1. The van der Waals surface area contributed by atoms with Crippen molar-refractivity contribution in [3.05, 3.63) is 23.7 Å². The molecular weight excluding hydrogens is 285 g/mol. The minimum Gasteiger partial charge on any atom is -0.446 e. The zero-order valence-corrected chi connectivity index (χ0v) is 11.6. The molecule has 21 heavy (non-hydrogen) atoms. The molecule has 0 unspecified atom stereocenters. The van der Waals surface area contributed by atoms with Gasteiger partial charge in [-0.3, -0.25) is 9.69 Å². The molecule has 0 aromatic carbocycles. The van der Waals surface area contributed by atoms with E-state index in [4.69, 9.17) is 0 Å². The van der Waals surface area contributed by atoms with Crippen molar-refractivity contribution >= 4 is 5.91 Å². The van der Waals surface area contributed by atoms with E-state index in [1.54, 1.807) is 0 Å². The Kier molecular flexibility index (Phi) is 3.47. The predicted octanol–water partition coefficient (Wildman–Crippen LogP) is 2.51. The third kappa shape index (κ3) is 2.66. The number of carbonyl (C=O) groups is 1. The molecule has 3 aliphatic heterocycles. The number of halogens is 3. The summed E-state index contributed by atoms with van der Waals surface area (Å²) in [4.78, 5) is 14.4. The zero-order chi connectivity index (χ0) is 15.2. The molecule has 2 atom stereocenters. The van der Waals surface area contributed by atoms with Crippen LogP contribution in [-0.2, 0) is 6.18 Å². The molecular formula is C14H17F3N2O2. The Bertz CT molecular complexity index is 531. The van der Waals surface area contributed by atoms with Crippen molar-refractivity contribution in [2.45, 2.75) is 38.0 Å². The van der Waals surface area contributed by atoms with Gasteiger partial charge in [-0.2, -0.15) is 13.2 Å². The Morgan fingerprint density at radius 3 is 2.52 bits per heavy atom. The quantitative estimate of drug-likeness (QED) is 0.913. The molecule has 1 N–H and O–H groups in total. The third-order valence-electron chi connectivity index (χ3n) is 4.58. The van der Waals surface area contributed by atoms with Gasteiger partial charge in [-0.05, 0) is 50.9 Å². The van der Waals surface area contributed by atoms with Gasteiger partial charge in [-0.15, -0.1) is 0 Å². The van der Waals surface area contributed by atoms with Crippen molar-refractivity contribution in [1.82, 2.24) is 10.2 Å². The number of hydrogen-bond donors (Lipinski definition) is 1. The van der Waals surface area contributed by atoms with Gasteiger partial charge >= 0.3 is 6.18 Å². The Hall–Kier alpha value is -1.50. The first kappa shape index (κ1) is 14.4. The maximum Gasteiger partial charge on any atom is 0.449 e. The fourth-order valence-electron chi connectivity index (χ4n) is 3.38. The van der Waals surface area contributed by atoms with Crippen molar-refractivity contribution in [3.63, 3.8) is 0 Å². The van der Waals surface area contributed by atoms with Crippen LogP contribution in [0.2, 0.25) is 0 Å². The molecule has 0 saturated carbocycles. The molecule has 4 nitrogen and oxygen atoms in total. The highest BCUT2D eigenvalue weighted by Gasteiger charge is 2.41. The lowest BCUT2D eigenvalue weighted by atomic mass is 9.79. The summed E-state index contributed by atoms with van der Waals surface area (Å²) in [6, 6.07) is 2.04. The summed E-state index contributed by atoms with van der Waals surface area (Å²) in [6.07, 6.45) is -2.54. The maximum absolute atomic E-state index is 12.5. The van der Waals surface area contributed by atoms with Gasteiger partial charge in [0.1, 0.15) is 0 Å². The third-order valence-corrected chi connectivity index (χ3v) is 4.58. The van der Waals surface area contributed by atoms with E-state index in [1.807, 2.05) is 6.92 Å². The molecule has 116 valence electrons. The summed E-state index contributed by atoms with van der Waals surface area (Å²) in [7, 11) is 0. The van der Waals surface area contributed by atoms with E-state index in [0.29, 0.717) is 5.92 Å². The summed E-state index contributed by atoms with van der Waals surface area (Å²) >= 11 is 0. The van der Waals surface area contributed by atoms with Gasteiger partial charge in [-0.25, -0.2) is 0 Å². The van der Waals surface area contributed by atoms with Crippen molar-refractivity contribution in [1.29, 1.82) is 0 Å². The first-order valence-corrected chi connectivity index (χ1v) is 7.08. The Balaban J connectivity index is 1.70. The van der Waals surface area contributed by atoms with Crippen LogP contribution in [0, 0.1) is 5.92 Å². The van der Waals surface area contributed by atoms with Crippen LogP contribution in [0.25, 0.3) is 0 Å². The molecule has 3 fully saturated rings. The molecule has 0 radical (unpaired) electrons. The summed E-state index contributed by atoms with van der Waals surface area (Å²) in [5.41, 5.74) is 0. The molecule has 3 aliphatic rings. The normalized spacial score (nSPS) is 32.2. The maximum atomic E-state index is 12.5. The van der Waals surface area contributed by atoms with Crippen molar-refractivity contribution in [3.8, 4) is 0 Å². The topological polar surface area (TPSA) is 45.5 Å². The van der Waals surface area contributed by atoms with Gasteiger partial charge in [0, 0.05) is 12.1 Å². The molecule has 3 saturated heterocycles. The van der Waals surface area contributed by atoms with Crippen molar-refractivity contribution in [2.75, 3.05) is 13.1 Å². The Morgan fingerprint density at radius 2 is 2.00 bits per heavy atom. The van der Waals surface area contributed by atoms with Crippen LogP contribution in [0.5, 0.6) is 0 Å². The first-order chi connectivity index (χ1) is 9.86.